The second-order valence-electron chi connectivity index (χ2n) is 11.0. The molecule has 0 radical (unpaired) electrons. The number of aromatic nitrogens is 1. The van der Waals surface area contributed by atoms with Crippen molar-refractivity contribution >= 4 is 22.6 Å². The summed E-state index contributed by atoms with van der Waals surface area (Å²) >= 11 is 0. The molecule has 0 unspecified atom stereocenters. The van der Waals surface area contributed by atoms with Crippen molar-refractivity contribution in [3.63, 3.8) is 0 Å². The molecule has 10 nitrogen and oxygen atoms in total. The number of nitrogens with two attached hydrogens (primary N) is 4. The molecule has 0 aliphatic carbocycles. The number of amides is 1. The fourth-order valence-corrected chi connectivity index (χ4v) is 5.21. The Kier molecular flexibility index (Phi) is 13.2. The molecule has 0 fully saturated rings. The number of carbonyl (C=O) groups is 2. The first-order valence-electron chi connectivity index (χ1n) is 14.8. The third-order valence-corrected chi connectivity index (χ3v) is 7.60. The number of hydrogen-bond donors (Lipinski definition) is 6. The van der Waals surface area contributed by atoms with E-state index in [-0.39, 0.29) is 18.6 Å². The Morgan fingerprint density at radius 2 is 1.55 bits per heavy atom. The standard InChI is InChI=1S/C31H43F3N8O2/c32-31(33,34)25-9-7-22(8-10-25)19-28(29(43)20-23-18-24-4-1-2-6-27(24)39-21-23)41-30(44)26(38)5-3-14-40-42(15-11-35,16-12-36)17-13-37/h1-2,4,6-10,18,21,26,28,40H,3,5,11-17,19-20,35-38H2/p+1/t26-,28-/m0/s1. The Morgan fingerprint density at radius 1 is 0.909 bits per heavy atom. The van der Waals surface area contributed by atoms with Crippen molar-refractivity contribution in [3.05, 3.63) is 77.5 Å². The minimum absolute atomic E-state index is 0.00919. The first kappa shape index (κ1) is 35.0. The Labute approximate surface area is 255 Å². The minimum atomic E-state index is -4.48. The van der Waals surface area contributed by atoms with Crippen molar-refractivity contribution < 1.29 is 27.4 Å². The summed E-state index contributed by atoms with van der Waals surface area (Å²) in [4.78, 5) is 31.0. The van der Waals surface area contributed by atoms with Gasteiger partial charge in [-0.15, -0.1) is 0 Å². The van der Waals surface area contributed by atoms with Crippen LogP contribution in [0, 0.1) is 0 Å². The highest BCUT2D eigenvalue weighted by Gasteiger charge is 2.31. The summed E-state index contributed by atoms with van der Waals surface area (Å²) in [5, 5.41) is 3.62. The molecule has 0 saturated carbocycles. The fraction of sp³-hybridized carbons (Fsp3) is 0.452. The number of halogens is 3. The predicted molar refractivity (Wildman–Crippen MR) is 165 cm³/mol. The van der Waals surface area contributed by atoms with E-state index in [4.69, 9.17) is 22.9 Å². The van der Waals surface area contributed by atoms with Gasteiger partial charge in [-0.3, -0.25) is 14.6 Å². The third kappa shape index (κ3) is 10.3. The van der Waals surface area contributed by atoms with Gasteiger partial charge < -0.3 is 28.3 Å². The van der Waals surface area contributed by atoms with Crippen LogP contribution >= 0.6 is 0 Å². The van der Waals surface area contributed by atoms with E-state index in [0.717, 1.165) is 23.0 Å². The molecule has 0 saturated heterocycles. The normalized spacial score (nSPS) is 13.5. The molecule has 13 heteroatoms. The maximum absolute atomic E-state index is 13.5. The largest absolute Gasteiger partial charge is 0.416 e. The molecular formula is C31H44F3N8O2+. The lowest BCUT2D eigenvalue weighted by molar-refractivity contribution is -0.966. The van der Waals surface area contributed by atoms with Gasteiger partial charge in [0.25, 0.3) is 0 Å². The minimum Gasteiger partial charge on any atom is -0.345 e. The average Bonchev–Trinajstić information content (AvgIpc) is 2.99. The number of pyridine rings is 1. The Balaban J connectivity index is 1.68. The number of rotatable bonds is 18. The van der Waals surface area contributed by atoms with Crippen LogP contribution in [0.15, 0.2) is 60.8 Å². The van der Waals surface area contributed by atoms with E-state index in [1.165, 1.54) is 12.1 Å². The fourth-order valence-electron chi connectivity index (χ4n) is 5.21. The van der Waals surface area contributed by atoms with Crippen LogP contribution in [0.4, 0.5) is 13.2 Å². The van der Waals surface area contributed by atoms with Crippen molar-refractivity contribution in [1.82, 2.24) is 15.7 Å². The van der Waals surface area contributed by atoms with Crippen LogP contribution in [0.1, 0.15) is 29.5 Å². The van der Waals surface area contributed by atoms with Gasteiger partial charge in [0.1, 0.15) is 19.6 Å². The van der Waals surface area contributed by atoms with Crippen LogP contribution in [0.3, 0.4) is 0 Å². The Bertz CT molecular complexity index is 1340. The van der Waals surface area contributed by atoms with Crippen LogP contribution in [0.25, 0.3) is 10.9 Å². The number of carbonyl (C=O) groups excluding carboxylic acids is 2. The topological polar surface area (TPSA) is 175 Å². The van der Waals surface area contributed by atoms with Gasteiger partial charge in [-0.25, -0.2) is 4.59 Å². The molecule has 1 amide bonds. The lowest BCUT2D eigenvalue weighted by Crippen LogP contribution is -2.63. The van der Waals surface area contributed by atoms with E-state index in [0.29, 0.717) is 74.4 Å². The molecule has 3 rings (SSSR count). The van der Waals surface area contributed by atoms with Crippen LogP contribution < -0.4 is 33.7 Å². The molecule has 240 valence electrons. The van der Waals surface area contributed by atoms with Gasteiger partial charge in [-0.1, -0.05) is 30.3 Å². The molecule has 1 aromatic heterocycles. The summed E-state index contributed by atoms with van der Waals surface area (Å²) in [6, 6.07) is 12.0. The Morgan fingerprint density at radius 3 is 2.16 bits per heavy atom. The lowest BCUT2D eigenvalue weighted by atomic mass is 9.96. The highest BCUT2D eigenvalue weighted by molar-refractivity contribution is 5.92. The smallest absolute Gasteiger partial charge is 0.345 e. The van der Waals surface area contributed by atoms with Gasteiger partial charge in [0.15, 0.2) is 5.78 Å². The number of alkyl halides is 3. The van der Waals surface area contributed by atoms with E-state index < -0.39 is 29.7 Å². The number of nitrogens with zero attached hydrogens (tertiary/aromatic N) is 2. The van der Waals surface area contributed by atoms with Gasteiger partial charge in [-0.05, 0) is 54.7 Å². The highest BCUT2D eigenvalue weighted by atomic mass is 19.4. The molecule has 0 bridgehead atoms. The van der Waals surface area contributed by atoms with E-state index in [1.807, 2.05) is 30.3 Å². The van der Waals surface area contributed by atoms with Crippen molar-refractivity contribution in [3.8, 4) is 0 Å². The third-order valence-electron chi connectivity index (χ3n) is 7.60. The van der Waals surface area contributed by atoms with Crippen molar-refractivity contribution in [1.29, 1.82) is 0 Å². The summed E-state index contributed by atoms with van der Waals surface area (Å²) in [6.45, 7) is 3.88. The van der Waals surface area contributed by atoms with Crippen LogP contribution in [-0.2, 0) is 28.6 Å². The van der Waals surface area contributed by atoms with Crippen LogP contribution in [0.5, 0.6) is 0 Å². The first-order valence-corrected chi connectivity index (χ1v) is 14.8. The molecule has 1 heterocycles. The maximum Gasteiger partial charge on any atom is 0.416 e. The molecule has 2 aromatic carbocycles. The summed E-state index contributed by atoms with van der Waals surface area (Å²) in [7, 11) is 0. The zero-order valence-electron chi connectivity index (χ0n) is 24.9. The van der Waals surface area contributed by atoms with E-state index in [2.05, 4.69) is 15.7 Å². The number of hydrogen-bond acceptors (Lipinski definition) is 8. The summed E-state index contributed by atoms with van der Waals surface area (Å²) in [5.41, 5.74) is 28.2. The number of benzene rings is 2. The molecule has 0 spiro atoms. The van der Waals surface area contributed by atoms with Gasteiger partial charge in [0, 0.05) is 44.2 Å². The molecule has 0 aliphatic rings. The quantitative estimate of drug-likeness (QED) is 0.0705. The van der Waals surface area contributed by atoms with Gasteiger partial charge in [0.2, 0.25) is 5.91 Å². The second kappa shape index (κ2) is 16.6. The van der Waals surface area contributed by atoms with E-state index in [1.54, 1.807) is 6.20 Å². The zero-order valence-corrected chi connectivity index (χ0v) is 24.9. The molecule has 0 aliphatic heterocycles. The van der Waals surface area contributed by atoms with Gasteiger partial charge >= 0.3 is 6.18 Å². The SMILES string of the molecule is NCC[N+](CCN)(CCN)NCCC[C@H](N)C(=O)N[C@@H](Cc1ccc(C(F)(F)F)cc1)C(=O)Cc1cnc2ccccc2c1. The van der Waals surface area contributed by atoms with Crippen LogP contribution in [0.2, 0.25) is 0 Å². The average molecular weight is 618 g/mol. The number of fused-ring (bicyclic) bond motifs is 1. The highest BCUT2D eigenvalue weighted by Crippen LogP contribution is 2.29. The van der Waals surface area contributed by atoms with Gasteiger partial charge in [-0.2, -0.15) is 18.6 Å². The van der Waals surface area contributed by atoms with Gasteiger partial charge in [0.05, 0.1) is 23.2 Å². The molecule has 3 aromatic rings. The van der Waals surface area contributed by atoms with Crippen molar-refractivity contribution in [2.75, 3.05) is 45.8 Å². The molecular weight excluding hydrogens is 573 g/mol. The summed E-state index contributed by atoms with van der Waals surface area (Å²) in [6.07, 6.45) is -1.99. The number of nitrogens with one attached hydrogen (secondary N) is 2. The number of quaternary nitrogens is 1. The molecule has 10 N–H and O–H groups in total. The first-order chi connectivity index (χ1) is 21.0. The van der Waals surface area contributed by atoms with Crippen molar-refractivity contribution in [2.24, 2.45) is 22.9 Å². The Hall–Kier alpha value is -3.46. The number of para-hydroxylation sites is 1. The maximum atomic E-state index is 13.5. The number of ketones is 1. The second-order valence-corrected chi connectivity index (χ2v) is 11.0. The number of Topliss-reactive ketones (excluding diaryl/α,β-unsaturated/α-hetero) is 1. The van der Waals surface area contributed by atoms with E-state index in [9.17, 15) is 22.8 Å². The van der Waals surface area contributed by atoms with E-state index >= 15 is 0 Å². The predicted octanol–water partition coefficient (Wildman–Crippen LogP) is 1.40. The lowest BCUT2D eigenvalue weighted by Gasteiger charge is -2.37. The summed E-state index contributed by atoms with van der Waals surface area (Å²) < 4.78 is 39.7. The van der Waals surface area contributed by atoms with Crippen LogP contribution in [-0.4, -0.2) is 79.2 Å². The molecule has 2 atom stereocenters. The molecule has 44 heavy (non-hydrogen) atoms. The monoisotopic (exact) mass is 617 g/mol. The zero-order chi connectivity index (χ0) is 32.2. The summed E-state index contributed by atoms with van der Waals surface area (Å²) in [5.74, 6) is -0.824. The van der Waals surface area contributed by atoms with Crippen molar-refractivity contribution in [2.45, 2.75) is 43.9 Å².